The fourth-order valence-electron chi connectivity index (χ4n) is 0.348. The first-order valence-electron chi connectivity index (χ1n) is 2.48. The first-order valence-corrected chi connectivity index (χ1v) is 4.00. The van der Waals surface area contributed by atoms with Crippen molar-refractivity contribution in [3.63, 3.8) is 0 Å². The molecule has 1 atom stereocenters. The summed E-state index contributed by atoms with van der Waals surface area (Å²) >= 11 is 2.39. The summed E-state index contributed by atoms with van der Waals surface area (Å²) in [6.45, 7) is 5.88. The normalized spacial score (nSPS) is 13.4. The van der Waals surface area contributed by atoms with Crippen molar-refractivity contribution in [1.29, 1.82) is 0 Å². The molecule has 0 aliphatic rings. The van der Waals surface area contributed by atoms with Gasteiger partial charge >= 0.3 is 0 Å². The molecular weight excluding hydrogens is 199 g/mol. The lowest BCUT2D eigenvalue weighted by molar-refractivity contribution is 0.687. The SMILES string of the molecule is C=CCC(C)CI. The molecule has 0 saturated heterocycles. The second kappa shape index (κ2) is 4.62. The minimum atomic E-state index is 0.818. The largest absolute Gasteiger partial charge is 0.103 e. The summed E-state index contributed by atoms with van der Waals surface area (Å²) in [7, 11) is 0. The van der Waals surface area contributed by atoms with Crippen LogP contribution in [0.3, 0.4) is 0 Å². The number of hydrogen-bond acceptors (Lipinski definition) is 0. The van der Waals surface area contributed by atoms with Crippen molar-refractivity contribution in [3.05, 3.63) is 12.7 Å². The molecule has 0 N–H and O–H groups in total. The molecule has 7 heavy (non-hydrogen) atoms. The zero-order valence-electron chi connectivity index (χ0n) is 4.65. The van der Waals surface area contributed by atoms with Gasteiger partial charge in [-0.2, -0.15) is 0 Å². The van der Waals surface area contributed by atoms with E-state index in [0.717, 1.165) is 12.3 Å². The van der Waals surface area contributed by atoms with E-state index in [0.29, 0.717) is 0 Å². The summed E-state index contributed by atoms with van der Waals surface area (Å²) in [5.74, 6) is 0.818. The van der Waals surface area contributed by atoms with Gasteiger partial charge in [-0.25, -0.2) is 0 Å². The third-order valence-electron chi connectivity index (χ3n) is 0.832. The Morgan fingerprint density at radius 2 is 2.43 bits per heavy atom. The molecule has 1 heteroatoms. The molecule has 0 aliphatic heterocycles. The number of halogens is 1. The smallest absolute Gasteiger partial charge is 0.00240 e. The summed E-state index contributed by atoms with van der Waals surface area (Å²) in [5, 5.41) is 0. The standard InChI is InChI=1S/C6H11I/c1-3-4-6(2)5-7/h3,6H,1,4-5H2,2H3. The van der Waals surface area contributed by atoms with Crippen molar-refractivity contribution < 1.29 is 0 Å². The van der Waals surface area contributed by atoms with Crippen LogP contribution in [0.4, 0.5) is 0 Å². The van der Waals surface area contributed by atoms with E-state index in [2.05, 4.69) is 36.1 Å². The van der Waals surface area contributed by atoms with Crippen LogP contribution in [0.1, 0.15) is 13.3 Å². The maximum Gasteiger partial charge on any atom is 0.00240 e. The minimum absolute atomic E-state index is 0.818. The van der Waals surface area contributed by atoms with Gasteiger partial charge in [-0.05, 0) is 12.3 Å². The molecule has 0 fully saturated rings. The van der Waals surface area contributed by atoms with Gasteiger partial charge < -0.3 is 0 Å². The average Bonchev–Trinajstić information content (AvgIpc) is 1.68. The van der Waals surface area contributed by atoms with E-state index in [1.165, 1.54) is 4.43 Å². The topological polar surface area (TPSA) is 0 Å². The average molecular weight is 210 g/mol. The molecule has 1 unspecified atom stereocenters. The molecule has 42 valence electrons. The van der Waals surface area contributed by atoms with E-state index < -0.39 is 0 Å². The van der Waals surface area contributed by atoms with E-state index in [1.54, 1.807) is 0 Å². The van der Waals surface area contributed by atoms with Crippen LogP contribution in [-0.4, -0.2) is 4.43 Å². The third-order valence-corrected chi connectivity index (χ3v) is 2.34. The molecule has 0 bridgehead atoms. The molecule has 0 radical (unpaired) electrons. The van der Waals surface area contributed by atoms with Crippen molar-refractivity contribution in [2.24, 2.45) is 5.92 Å². The molecule has 0 nitrogen and oxygen atoms in total. The minimum Gasteiger partial charge on any atom is -0.103 e. The molecule has 0 heterocycles. The highest BCUT2D eigenvalue weighted by molar-refractivity contribution is 14.1. The van der Waals surface area contributed by atoms with Crippen molar-refractivity contribution in [3.8, 4) is 0 Å². The van der Waals surface area contributed by atoms with Crippen LogP contribution in [0.25, 0.3) is 0 Å². The lowest BCUT2D eigenvalue weighted by atomic mass is 10.1. The van der Waals surface area contributed by atoms with Gasteiger partial charge in [0.15, 0.2) is 0 Å². The van der Waals surface area contributed by atoms with E-state index in [-0.39, 0.29) is 0 Å². The Kier molecular flexibility index (Phi) is 4.94. The molecule has 0 aromatic heterocycles. The zero-order chi connectivity index (χ0) is 5.70. The number of hydrogen-bond donors (Lipinski definition) is 0. The monoisotopic (exact) mass is 210 g/mol. The molecule has 0 rings (SSSR count). The Labute approximate surface area is 59.1 Å². The fourth-order valence-corrected chi connectivity index (χ4v) is 0.707. The summed E-state index contributed by atoms with van der Waals surface area (Å²) in [4.78, 5) is 0. The molecule has 0 aromatic carbocycles. The summed E-state index contributed by atoms with van der Waals surface area (Å²) in [6.07, 6.45) is 3.13. The van der Waals surface area contributed by atoms with Crippen molar-refractivity contribution in [2.45, 2.75) is 13.3 Å². The predicted molar refractivity (Wildman–Crippen MR) is 42.9 cm³/mol. The van der Waals surface area contributed by atoms with Gasteiger partial charge in [0.25, 0.3) is 0 Å². The molecule has 0 amide bonds. The summed E-state index contributed by atoms with van der Waals surface area (Å²) < 4.78 is 1.24. The lowest BCUT2D eigenvalue weighted by Gasteiger charge is -1.98. The van der Waals surface area contributed by atoms with Crippen LogP contribution in [0.15, 0.2) is 12.7 Å². The molecule has 0 aromatic rings. The quantitative estimate of drug-likeness (QED) is 0.381. The Morgan fingerprint density at radius 1 is 1.86 bits per heavy atom. The van der Waals surface area contributed by atoms with Crippen LogP contribution in [0.2, 0.25) is 0 Å². The highest BCUT2D eigenvalue weighted by atomic mass is 127. The number of rotatable bonds is 3. The van der Waals surface area contributed by atoms with E-state index in [9.17, 15) is 0 Å². The van der Waals surface area contributed by atoms with Crippen LogP contribution < -0.4 is 0 Å². The van der Waals surface area contributed by atoms with Gasteiger partial charge in [0.2, 0.25) is 0 Å². The van der Waals surface area contributed by atoms with Crippen molar-refractivity contribution in [2.75, 3.05) is 4.43 Å². The summed E-state index contributed by atoms with van der Waals surface area (Å²) in [5.41, 5.74) is 0. The van der Waals surface area contributed by atoms with Crippen LogP contribution >= 0.6 is 22.6 Å². The Bertz CT molecular complexity index is 50.1. The van der Waals surface area contributed by atoms with Crippen molar-refractivity contribution in [1.82, 2.24) is 0 Å². The van der Waals surface area contributed by atoms with Gasteiger partial charge in [0, 0.05) is 4.43 Å². The molecule has 0 saturated carbocycles. The van der Waals surface area contributed by atoms with E-state index >= 15 is 0 Å². The van der Waals surface area contributed by atoms with Gasteiger partial charge in [0.1, 0.15) is 0 Å². The summed E-state index contributed by atoms with van der Waals surface area (Å²) in [6, 6.07) is 0. The Morgan fingerprint density at radius 3 is 2.57 bits per heavy atom. The first-order chi connectivity index (χ1) is 3.31. The maximum absolute atomic E-state index is 3.65. The van der Waals surface area contributed by atoms with Gasteiger partial charge in [-0.15, -0.1) is 6.58 Å². The van der Waals surface area contributed by atoms with Crippen LogP contribution in [-0.2, 0) is 0 Å². The second-order valence-electron chi connectivity index (χ2n) is 1.78. The van der Waals surface area contributed by atoms with Gasteiger partial charge in [0.05, 0.1) is 0 Å². The Hall–Kier alpha value is 0.470. The van der Waals surface area contributed by atoms with Gasteiger partial charge in [-0.3, -0.25) is 0 Å². The Balaban J connectivity index is 2.98. The molecule has 0 spiro atoms. The molecular formula is C6H11I. The third kappa shape index (κ3) is 4.32. The van der Waals surface area contributed by atoms with Crippen LogP contribution in [0, 0.1) is 5.92 Å². The maximum atomic E-state index is 3.65. The number of alkyl halides is 1. The second-order valence-corrected chi connectivity index (χ2v) is 2.66. The first kappa shape index (κ1) is 7.47. The predicted octanol–water partition coefficient (Wildman–Crippen LogP) is 2.63. The van der Waals surface area contributed by atoms with Gasteiger partial charge in [-0.1, -0.05) is 35.6 Å². The lowest BCUT2D eigenvalue weighted by Crippen LogP contribution is -1.90. The van der Waals surface area contributed by atoms with Crippen molar-refractivity contribution >= 4 is 22.6 Å². The van der Waals surface area contributed by atoms with E-state index in [1.807, 2.05) is 6.08 Å². The van der Waals surface area contributed by atoms with Crippen LogP contribution in [0.5, 0.6) is 0 Å². The number of allylic oxidation sites excluding steroid dienone is 1. The zero-order valence-corrected chi connectivity index (χ0v) is 6.81. The molecule has 0 aliphatic carbocycles. The highest BCUT2D eigenvalue weighted by Crippen LogP contribution is 2.04. The van der Waals surface area contributed by atoms with E-state index in [4.69, 9.17) is 0 Å². The fraction of sp³-hybridized carbons (Fsp3) is 0.667. The highest BCUT2D eigenvalue weighted by Gasteiger charge is 1.91.